The molecule has 0 spiro atoms. The molecule has 0 aliphatic rings. The van der Waals surface area contributed by atoms with Crippen molar-refractivity contribution in [3.63, 3.8) is 0 Å². The van der Waals surface area contributed by atoms with Gasteiger partial charge in [-0.25, -0.2) is 14.1 Å². The molecule has 7 rings (SSSR count). The van der Waals surface area contributed by atoms with Gasteiger partial charge in [-0.3, -0.25) is 9.13 Å². The number of fused-ring (bicyclic) bond motifs is 4. The summed E-state index contributed by atoms with van der Waals surface area (Å²) in [5.41, 5.74) is 13.0. The molecule has 0 N–H and O–H groups in total. The Labute approximate surface area is 301 Å². The molecule has 3 aromatic heterocycles. The van der Waals surface area contributed by atoms with Gasteiger partial charge in [-0.15, -0.1) is 5.10 Å². The predicted octanol–water partition coefficient (Wildman–Crippen LogP) is 12.0. The van der Waals surface area contributed by atoms with Crippen LogP contribution < -0.4 is 5.62 Å². The van der Waals surface area contributed by atoms with Crippen LogP contribution in [0, 0.1) is 5.82 Å². The molecule has 0 aliphatic carbocycles. The number of aromatic nitrogens is 4. The van der Waals surface area contributed by atoms with Crippen molar-refractivity contribution in [1.82, 2.24) is 18.8 Å². The van der Waals surface area contributed by atoms with Crippen molar-refractivity contribution in [3.05, 3.63) is 130 Å². The summed E-state index contributed by atoms with van der Waals surface area (Å²) in [7, 11) is 0. The third kappa shape index (κ3) is 5.79. The number of hydrogen-bond donors (Lipinski definition) is 0. The van der Waals surface area contributed by atoms with E-state index in [0.717, 1.165) is 50.0 Å². The molecule has 0 saturated heterocycles. The molecule has 5 nitrogen and oxygen atoms in total. The minimum absolute atomic E-state index is 0.247. The predicted molar refractivity (Wildman–Crippen MR) is 211 cm³/mol. The molecular weight excluding hydrogens is 630 g/mol. The molecule has 0 fully saturated rings. The largest absolute Gasteiger partial charge is 0.275 e. The maximum absolute atomic E-state index is 14.8. The first kappa shape index (κ1) is 34.5. The lowest BCUT2D eigenvalue weighted by Crippen LogP contribution is -2.29. The maximum atomic E-state index is 14.8. The summed E-state index contributed by atoms with van der Waals surface area (Å²) in [6.45, 7) is 22.7. The van der Waals surface area contributed by atoms with Crippen molar-refractivity contribution in [3.8, 4) is 11.4 Å². The highest BCUT2D eigenvalue weighted by Gasteiger charge is 2.27. The third-order valence-electron chi connectivity index (χ3n) is 10.3. The maximum Gasteiger partial charge on any atom is 0.239 e. The van der Waals surface area contributed by atoms with Crippen LogP contribution in [0.15, 0.2) is 96.2 Å². The van der Waals surface area contributed by atoms with E-state index in [1.807, 2.05) is 35.1 Å². The molecule has 262 valence electrons. The van der Waals surface area contributed by atoms with E-state index in [9.17, 15) is 4.39 Å². The summed E-state index contributed by atoms with van der Waals surface area (Å²) in [6.07, 6.45) is 1.89. The number of rotatable bonds is 8. The van der Waals surface area contributed by atoms with E-state index in [1.54, 1.807) is 6.07 Å². The first-order valence-corrected chi connectivity index (χ1v) is 18.5. The summed E-state index contributed by atoms with van der Waals surface area (Å²) in [6, 6.07) is 28.8. The summed E-state index contributed by atoms with van der Waals surface area (Å²) in [5, 5.41) is 7.51. The molecule has 0 unspecified atom stereocenters. The van der Waals surface area contributed by atoms with Gasteiger partial charge in [-0.2, -0.15) is 0 Å². The van der Waals surface area contributed by atoms with Crippen LogP contribution in [0.3, 0.4) is 0 Å². The first-order chi connectivity index (χ1) is 24.4. The first-order valence-electron chi connectivity index (χ1n) is 18.5. The van der Waals surface area contributed by atoms with Crippen molar-refractivity contribution in [2.24, 2.45) is 5.10 Å². The summed E-state index contributed by atoms with van der Waals surface area (Å²) < 4.78 is 21.5. The molecule has 0 aliphatic heterocycles. The zero-order chi connectivity index (χ0) is 36.3. The number of benzene rings is 4. The monoisotopic (exact) mass is 679 g/mol. The van der Waals surface area contributed by atoms with Crippen LogP contribution in [-0.4, -0.2) is 18.8 Å². The van der Waals surface area contributed by atoms with Crippen molar-refractivity contribution in [1.29, 1.82) is 0 Å². The van der Waals surface area contributed by atoms with Crippen LogP contribution in [0.4, 0.5) is 4.39 Å². The topological polar surface area (TPSA) is 40.0 Å². The average molecular weight is 680 g/mol. The van der Waals surface area contributed by atoms with Crippen LogP contribution in [0.5, 0.6) is 0 Å². The summed E-state index contributed by atoms with van der Waals surface area (Å²) >= 11 is 0. The Hall–Kier alpha value is -4.97. The highest BCUT2D eigenvalue weighted by atomic mass is 19.1. The SMILES string of the molecule is CC(C)c1cc(C(C)C)c(-n2/c(=N\n3c4ccccc4c4cc(F)ccc43)n(-c3c(C(C)C)cccc3C(C)C)c3ncccc32)c(C(C)C)c1. The fraction of sp³-hybridized carbons (Fsp3) is 0.333. The highest BCUT2D eigenvalue weighted by Crippen LogP contribution is 2.38. The Morgan fingerprint density at radius 2 is 1.10 bits per heavy atom. The molecule has 4 aromatic carbocycles. The highest BCUT2D eigenvalue weighted by molar-refractivity contribution is 6.08. The van der Waals surface area contributed by atoms with Gasteiger partial charge in [-0.1, -0.05) is 118 Å². The normalized spacial score (nSPS) is 12.8. The molecular formula is C45H50FN5. The van der Waals surface area contributed by atoms with Gasteiger partial charge in [0.2, 0.25) is 5.62 Å². The Morgan fingerprint density at radius 1 is 0.529 bits per heavy atom. The summed E-state index contributed by atoms with van der Waals surface area (Å²) in [4.78, 5) is 5.15. The van der Waals surface area contributed by atoms with E-state index < -0.39 is 0 Å². The number of para-hydroxylation sites is 2. The quantitative estimate of drug-likeness (QED) is 0.158. The fourth-order valence-electron chi connectivity index (χ4n) is 7.62. The lowest BCUT2D eigenvalue weighted by atomic mass is 9.87. The van der Waals surface area contributed by atoms with E-state index >= 15 is 0 Å². The van der Waals surface area contributed by atoms with Crippen molar-refractivity contribution < 1.29 is 4.39 Å². The van der Waals surface area contributed by atoms with Crippen LogP contribution in [0.2, 0.25) is 0 Å². The van der Waals surface area contributed by atoms with Crippen LogP contribution in [0.25, 0.3) is 44.3 Å². The number of halogens is 1. The van der Waals surface area contributed by atoms with Gasteiger partial charge in [0.1, 0.15) is 5.82 Å². The molecule has 0 bridgehead atoms. The molecule has 0 saturated carbocycles. The van der Waals surface area contributed by atoms with E-state index in [1.165, 1.54) is 33.9 Å². The average Bonchev–Trinajstić information content (AvgIpc) is 3.58. The van der Waals surface area contributed by atoms with E-state index in [0.29, 0.717) is 5.92 Å². The Bertz CT molecular complexity index is 2430. The van der Waals surface area contributed by atoms with Crippen LogP contribution in [-0.2, 0) is 0 Å². The van der Waals surface area contributed by atoms with E-state index in [4.69, 9.17) is 10.1 Å². The molecule has 6 heteroatoms. The van der Waals surface area contributed by atoms with Crippen LogP contribution >= 0.6 is 0 Å². The van der Waals surface area contributed by atoms with Gasteiger partial charge < -0.3 is 0 Å². The van der Waals surface area contributed by atoms with Crippen LogP contribution in [0.1, 0.15) is 127 Å². The second-order valence-corrected chi connectivity index (χ2v) is 15.5. The minimum atomic E-state index is -0.264. The second-order valence-electron chi connectivity index (χ2n) is 15.5. The van der Waals surface area contributed by atoms with Crippen molar-refractivity contribution in [2.75, 3.05) is 0 Å². The van der Waals surface area contributed by atoms with Gasteiger partial charge in [0.25, 0.3) is 0 Å². The van der Waals surface area contributed by atoms with Gasteiger partial charge in [0, 0.05) is 17.0 Å². The molecule has 3 heterocycles. The standard InChI is InChI=1S/C45H50FN5/c1-26(2)31-23-36(29(7)8)43(37(24-31)30(9)10)49-41-19-14-22-47-44(41)50(42-33(27(3)4)16-13-17-34(42)28(5)6)45(49)48-51-39-18-12-11-15-35(39)38-25-32(46)20-21-40(38)51/h11-30H,1-10H3/b48-45+. The fourth-order valence-corrected chi connectivity index (χ4v) is 7.62. The Balaban J connectivity index is 1.80. The number of pyridine rings is 1. The molecule has 7 aromatic rings. The van der Waals surface area contributed by atoms with Gasteiger partial charge in [0.05, 0.1) is 27.9 Å². The molecule has 0 atom stereocenters. The van der Waals surface area contributed by atoms with Gasteiger partial charge in [-0.05, 0) is 93.8 Å². The molecule has 0 radical (unpaired) electrons. The zero-order valence-electron chi connectivity index (χ0n) is 31.7. The Kier molecular flexibility index (Phi) is 8.99. The second kappa shape index (κ2) is 13.3. The van der Waals surface area contributed by atoms with Crippen molar-refractivity contribution in [2.45, 2.75) is 98.8 Å². The lowest BCUT2D eigenvalue weighted by Gasteiger charge is -2.24. The number of nitrogens with zero attached hydrogens (tertiary/aromatic N) is 5. The van der Waals surface area contributed by atoms with E-state index in [-0.39, 0.29) is 29.5 Å². The lowest BCUT2D eigenvalue weighted by molar-refractivity contribution is 0.629. The smallest absolute Gasteiger partial charge is 0.239 e. The Morgan fingerprint density at radius 3 is 1.71 bits per heavy atom. The third-order valence-corrected chi connectivity index (χ3v) is 10.3. The molecule has 51 heavy (non-hydrogen) atoms. The van der Waals surface area contributed by atoms with E-state index in [2.05, 4.69) is 127 Å². The number of hydrogen-bond acceptors (Lipinski definition) is 2. The van der Waals surface area contributed by atoms with Gasteiger partial charge in [0.15, 0.2) is 5.65 Å². The minimum Gasteiger partial charge on any atom is -0.275 e. The zero-order valence-corrected chi connectivity index (χ0v) is 31.7. The van der Waals surface area contributed by atoms with Crippen molar-refractivity contribution >= 4 is 33.0 Å². The summed E-state index contributed by atoms with van der Waals surface area (Å²) in [5.74, 6) is 1.12. The number of imidazole rings is 1. The molecule has 0 amide bonds. The van der Waals surface area contributed by atoms with Gasteiger partial charge >= 0.3 is 0 Å².